The van der Waals surface area contributed by atoms with E-state index in [9.17, 15) is 9.59 Å². The topological polar surface area (TPSA) is 71.1 Å². The molecule has 0 rings (SSSR count). The third kappa shape index (κ3) is 32.9. The molecule has 0 radical (unpaired) electrons. The lowest BCUT2D eigenvalue weighted by molar-refractivity contribution is -0.252. The number of hydrogen-bond donors (Lipinski definition) is 0. The van der Waals surface area contributed by atoms with E-state index < -0.39 is 12.3 Å². The van der Waals surface area contributed by atoms with Gasteiger partial charge in [-0.15, -0.1) is 0 Å². The summed E-state index contributed by atoms with van der Waals surface area (Å²) in [4.78, 5) is 32.4. The van der Waals surface area contributed by atoms with Gasteiger partial charge < -0.3 is 9.47 Å². The van der Waals surface area contributed by atoms with Crippen LogP contribution in [0.25, 0.3) is 0 Å². The van der Waals surface area contributed by atoms with Crippen LogP contribution in [0.15, 0.2) is 0 Å². The van der Waals surface area contributed by atoms with Crippen LogP contribution < -0.4 is 0 Å². The Kier molecular flexibility index (Phi) is 32.8. The first kappa shape index (κ1) is 38.7. The number of hydrogen-bond acceptors (Lipinski definition) is 6. The molecule has 0 aliphatic rings. The van der Waals surface area contributed by atoms with E-state index in [4.69, 9.17) is 9.62 Å². The lowest BCUT2D eigenvalue weighted by Crippen LogP contribution is -2.16. The van der Waals surface area contributed by atoms with Gasteiger partial charge in [-0.1, -0.05) is 181 Å². The largest absolute Gasteiger partial charge is 0.550 e. The molecule has 0 N–H and O–H groups in total. The van der Waals surface area contributed by atoms with E-state index >= 15 is 0 Å². The van der Waals surface area contributed by atoms with E-state index in [2.05, 4.69) is 23.5 Å². The summed E-state index contributed by atoms with van der Waals surface area (Å²) >= 11 is 0. The summed E-state index contributed by atoms with van der Waals surface area (Å²) in [5.41, 5.74) is 0. The van der Waals surface area contributed by atoms with Gasteiger partial charge in [0.25, 0.3) is 0 Å². The molecule has 0 bridgehead atoms. The van der Waals surface area contributed by atoms with Gasteiger partial charge in [-0.3, -0.25) is 4.89 Å². The maximum Gasteiger partial charge on any atom is 0.550 e. The smallest absolute Gasteiger partial charge is 0.434 e. The summed E-state index contributed by atoms with van der Waals surface area (Å²) in [5.74, 6) is 0. The van der Waals surface area contributed by atoms with E-state index in [1.54, 1.807) is 0 Å². The van der Waals surface area contributed by atoms with Crippen molar-refractivity contribution in [3.05, 3.63) is 0 Å². The molecule has 0 saturated heterocycles. The quantitative estimate of drug-likeness (QED) is 0.0271. The summed E-state index contributed by atoms with van der Waals surface area (Å²) in [6, 6.07) is 0. The standard InChI is InChI=1S/C34H66O6/c1-3-5-7-9-11-13-15-17-19-21-23-25-27-29-31-37-33(35)39-34(36)40-38-32-30-28-26-24-22-20-18-16-14-12-10-8-6-4-2/h3-32H2,1-2H3. The monoisotopic (exact) mass is 570 g/mol. The Bertz CT molecular complexity index is 525. The molecular formula is C34H66O6. The van der Waals surface area contributed by atoms with Crippen molar-refractivity contribution in [3.8, 4) is 0 Å². The van der Waals surface area contributed by atoms with E-state index in [-0.39, 0.29) is 6.61 Å². The minimum absolute atomic E-state index is 0.254. The summed E-state index contributed by atoms with van der Waals surface area (Å²) in [6.45, 7) is 5.09. The van der Waals surface area contributed by atoms with E-state index in [1.165, 1.54) is 141 Å². The number of rotatable bonds is 31. The van der Waals surface area contributed by atoms with Crippen molar-refractivity contribution >= 4 is 12.3 Å². The zero-order chi connectivity index (χ0) is 29.2. The molecule has 6 heteroatoms. The zero-order valence-corrected chi connectivity index (χ0v) is 26.7. The molecule has 6 nitrogen and oxygen atoms in total. The molecule has 0 fully saturated rings. The van der Waals surface area contributed by atoms with Crippen LogP contribution in [-0.4, -0.2) is 25.5 Å². The van der Waals surface area contributed by atoms with Gasteiger partial charge in [0.05, 0.1) is 13.2 Å². The van der Waals surface area contributed by atoms with Gasteiger partial charge >= 0.3 is 12.3 Å². The third-order valence-corrected chi connectivity index (χ3v) is 7.59. The second-order valence-electron chi connectivity index (χ2n) is 11.5. The molecule has 238 valence electrons. The van der Waals surface area contributed by atoms with Crippen molar-refractivity contribution < 1.29 is 28.8 Å². The Balaban J connectivity index is 3.27. The summed E-state index contributed by atoms with van der Waals surface area (Å²) in [5, 5.41) is 0. The highest BCUT2D eigenvalue weighted by Crippen LogP contribution is 2.14. The highest BCUT2D eigenvalue weighted by atomic mass is 17.2. The van der Waals surface area contributed by atoms with Gasteiger partial charge in [-0.25, -0.2) is 9.59 Å². The molecule has 0 amide bonds. The Morgan fingerprint density at radius 1 is 0.375 bits per heavy atom. The molecule has 0 spiro atoms. The summed E-state index contributed by atoms with van der Waals surface area (Å²) in [6.07, 6.45) is 33.5. The van der Waals surface area contributed by atoms with Crippen molar-refractivity contribution in [3.63, 3.8) is 0 Å². The Hall–Kier alpha value is -1.30. The van der Waals surface area contributed by atoms with Gasteiger partial charge in [0.1, 0.15) is 0 Å². The van der Waals surface area contributed by atoms with E-state index in [1.807, 2.05) is 0 Å². The predicted molar refractivity (Wildman–Crippen MR) is 165 cm³/mol. The number of unbranched alkanes of at least 4 members (excludes halogenated alkanes) is 26. The van der Waals surface area contributed by atoms with Crippen molar-refractivity contribution in [2.45, 2.75) is 194 Å². The third-order valence-electron chi connectivity index (χ3n) is 7.59. The van der Waals surface area contributed by atoms with Crippen molar-refractivity contribution in [1.29, 1.82) is 0 Å². The van der Waals surface area contributed by atoms with Gasteiger partial charge in [0.15, 0.2) is 0 Å². The van der Waals surface area contributed by atoms with Crippen LogP contribution in [0.2, 0.25) is 0 Å². The maximum atomic E-state index is 11.6. The first-order valence-electron chi connectivity index (χ1n) is 17.4. The minimum Gasteiger partial charge on any atom is -0.434 e. The molecule has 0 aliphatic carbocycles. The van der Waals surface area contributed by atoms with Crippen LogP contribution in [0, 0.1) is 0 Å². The first-order chi connectivity index (χ1) is 19.7. The molecule has 0 heterocycles. The molecule has 0 aromatic heterocycles. The second-order valence-corrected chi connectivity index (χ2v) is 11.5. The number of carbonyl (C=O) groups excluding carboxylic acids is 2. The Morgan fingerprint density at radius 2 is 0.675 bits per heavy atom. The second kappa shape index (κ2) is 33.9. The Labute approximate surface area is 247 Å². The van der Waals surface area contributed by atoms with Crippen LogP contribution >= 0.6 is 0 Å². The average molecular weight is 571 g/mol. The SMILES string of the molecule is CCCCCCCCCCCCCCCCOOC(=O)OC(=O)OCCCCCCCCCCCCCCCC. The van der Waals surface area contributed by atoms with Crippen LogP contribution in [-0.2, 0) is 19.2 Å². The molecule has 0 aromatic rings. The lowest BCUT2D eigenvalue weighted by atomic mass is 10.0. The highest BCUT2D eigenvalue weighted by Gasteiger charge is 2.14. The molecule has 0 unspecified atom stereocenters. The van der Waals surface area contributed by atoms with Gasteiger partial charge in [0.2, 0.25) is 0 Å². The lowest BCUT2D eigenvalue weighted by Gasteiger charge is -2.06. The molecule has 0 saturated carbocycles. The molecular weight excluding hydrogens is 504 g/mol. The first-order valence-corrected chi connectivity index (χ1v) is 17.4. The summed E-state index contributed by atoms with van der Waals surface area (Å²) in [7, 11) is 0. The average Bonchev–Trinajstić information content (AvgIpc) is 2.94. The zero-order valence-electron chi connectivity index (χ0n) is 26.7. The fourth-order valence-corrected chi connectivity index (χ4v) is 5.01. The normalized spacial score (nSPS) is 11.1. The van der Waals surface area contributed by atoms with Gasteiger partial charge in [-0.05, 0) is 12.8 Å². The van der Waals surface area contributed by atoms with Crippen molar-refractivity contribution in [2.24, 2.45) is 0 Å². The highest BCUT2D eigenvalue weighted by molar-refractivity contribution is 5.76. The number of ether oxygens (including phenoxy) is 2. The van der Waals surface area contributed by atoms with E-state index in [0.717, 1.165) is 38.5 Å². The Morgan fingerprint density at radius 3 is 1.02 bits per heavy atom. The molecule has 0 atom stereocenters. The van der Waals surface area contributed by atoms with Crippen LogP contribution in [0.5, 0.6) is 0 Å². The fourth-order valence-electron chi connectivity index (χ4n) is 5.01. The van der Waals surface area contributed by atoms with Gasteiger partial charge in [0, 0.05) is 0 Å². The fraction of sp³-hybridized carbons (Fsp3) is 0.941. The van der Waals surface area contributed by atoms with Gasteiger partial charge in [-0.2, -0.15) is 4.89 Å². The van der Waals surface area contributed by atoms with Crippen LogP contribution in [0.3, 0.4) is 0 Å². The van der Waals surface area contributed by atoms with Crippen LogP contribution in [0.1, 0.15) is 194 Å². The van der Waals surface area contributed by atoms with E-state index in [0.29, 0.717) is 6.61 Å². The van der Waals surface area contributed by atoms with Crippen molar-refractivity contribution in [2.75, 3.05) is 13.2 Å². The minimum atomic E-state index is -1.17. The number of carbonyl (C=O) groups is 2. The molecule has 0 aliphatic heterocycles. The predicted octanol–water partition coefficient (Wildman–Crippen LogP) is 12.2. The maximum absolute atomic E-state index is 11.6. The van der Waals surface area contributed by atoms with Crippen molar-refractivity contribution in [1.82, 2.24) is 0 Å². The summed E-state index contributed by atoms with van der Waals surface area (Å²) < 4.78 is 9.38. The molecule has 0 aromatic carbocycles. The van der Waals surface area contributed by atoms with Crippen LogP contribution in [0.4, 0.5) is 9.59 Å². The molecule has 40 heavy (non-hydrogen) atoms.